The van der Waals surface area contributed by atoms with Gasteiger partial charge < -0.3 is 14.6 Å². The molecule has 0 aromatic carbocycles. The highest BCUT2D eigenvalue weighted by Gasteiger charge is 2.28. The van der Waals surface area contributed by atoms with Crippen molar-refractivity contribution >= 4 is 0 Å². The molecule has 1 aromatic heterocycles. The molecule has 2 rings (SSSR count). The van der Waals surface area contributed by atoms with Gasteiger partial charge in [-0.1, -0.05) is 0 Å². The first-order valence-electron chi connectivity index (χ1n) is 4.15. The van der Waals surface area contributed by atoms with Gasteiger partial charge in [-0.2, -0.15) is 5.10 Å². The van der Waals surface area contributed by atoms with Crippen LogP contribution < -0.4 is 4.74 Å². The zero-order chi connectivity index (χ0) is 9.26. The highest BCUT2D eigenvalue weighted by atomic mass is 16.5. The molecule has 5 heteroatoms. The largest absolute Gasteiger partial charge is 0.493 e. The van der Waals surface area contributed by atoms with Crippen LogP contribution in [-0.2, 0) is 4.74 Å². The van der Waals surface area contributed by atoms with E-state index in [-0.39, 0.29) is 6.04 Å². The minimum absolute atomic E-state index is 0.0797. The molecule has 2 unspecified atom stereocenters. The molecule has 1 aliphatic heterocycles. The van der Waals surface area contributed by atoms with Crippen LogP contribution in [0, 0.1) is 0 Å². The number of aromatic nitrogens is 2. The van der Waals surface area contributed by atoms with E-state index in [1.165, 1.54) is 0 Å². The van der Waals surface area contributed by atoms with E-state index in [0.717, 1.165) is 0 Å². The number of ether oxygens (including phenoxy) is 2. The van der Waals surface area contributed by atoms with Gasteiger partial charge in [0, 0.05) is 0 Å². The normalized spacial score (nSPS) is 27.8. The second-order valence-electron chi connectivity index (χ2n) is 3.03. The van der Waals surface area contributed by atoms with Gasteiger partial charge in [-0.3, -0.25) is 4.68 Å². The summed E-state index contributed by atoms with van der Waals surface area (Å²) in [6.45, 7) is 0.888. The zero-order valence-corrected chi connectivity index (χ0v) is 7.38. The molecule has 0 bridgehead atoms. The molecule has 1 aliphatic rings. The van der Waals surface area contributed by atoms with Crippen LogP contribution in [0.2, 0.25) is 0 Å². The molecule has 0 amide bonds. The molecule has 1 fully saturated rings. The van der Waals surface area contributed by atoms with Gasteiger partial charge >= 0.3 is 0 Å². The molecule has 72 valence electrons. The van der Waals surface area contributed by atoms with Crippen molar-refractivity contribution < 1.29 is 14.6 Å². The summed E-state index contributed by atoms with van der Waals surface area (Å²) in [4.78, 5) is 0. The van der Waals surface area contributed by atoms with Gasteiger partial charge in [0.05, 0.1) is 32.7 Å². The first-order valence-corrected chi connectivity index (χ1v) is 4.15. The van der Waals surface area contributed by atoms with Crippen LogP contribution in [0.3, 0.4) is 0 Å². The van der Waals surface area contributed by atoms with E-state index in [2.05, 4.69) is 5.10 Å². The van der Waals surface area contributed by atoms with E-state index in [1.807, 2.05) is 0 Å². The summed E-state index contributed by atoms with van der Waals surface area (Å²) in [5.74, 6) is 0.694. The molecule has 0 radical (unpaired) electrons. The molecule has 5 nitrogen and oxygen atoms in total. The molecule has 1 N–H and O–H groups in total. The maximum Gasteiger partial charge on any atom is 0.156 e. The summed E-state index contributed by atoms with van der Waals surface area (Å²) < 4.78 is 11.8. The average Bonchev–Trinajstić information content (AvgIpc) is 2.71. The number of hydrogen-bond acceptors (Lipinski definition) is 4. The Hall–Kier alpha value is -1.07. The fraction of sp³-hybridized carbons (Fsp3) is 0.625. The van der Waals surface area contributed by atoms with Crippen LogP contribution in [0.1, 0.15) is 6.04 Å². The standard InChI is InChI=1S/C8H12N2O3/c1-12-6-2-9-10(3-6)7-4-13-5-8(7)11/h2-3,7-8,11H,4-5H2,1H3. The number of aliphatic hydroxyl groups is 1. The predicted molar refractivity (Wildman–Crippen MR) is 44.6 cm³/mol. The second kappa shape index (κ2) is 3.35. The van der Waals surface area contributed by atoms with Crippen molar-refractivity contribution in [3.05, 3.63) is 12.4 Å². The Kier molecular flexibility index (Phi) is 2.20. The van der Waals surface area contributed by atoms with Crippen LogP contribution in [0.15, 0.2) is 12.4 Å². The Morgan fingerprint density at radius 3 is 3.08 bits per heavy atom. The first kappa shape index (κ1) is 8.52. The van der Waals surface area contributed by atoms with E-state index in [1.54, 1.807) is 24.2 Å². The fourth-order valence-electron chi connectivity index (χ4n) is 1.39. The third-order valence-electron chi connectivity index (χ3n) is 2.17. The van der Waals surface area contributed by atoms with Gasteiger partial charge in [-0.15, -0.1) is 0 Å². The number of methoxy groups -OCH3 is 1. The van der Waals surface area contributed by atoms with E-state index in [0.29, 0.717) is 19.0 Å². The van der Waals surface area contributed by atoms with E-state index in [9.17, 15) is 5.11 Å². The highest BCUT2D eigenvalue weighted by Crippen LogP contribution is 2.20. The lowest BCUT2D eigenvalue weighted by Gasteiger charge is -2.11. The van der Waals surface area contributed by atoms with Crippen molar-refractivity contribution in [2.75, 3.05) is 20.3 Å². The highest BCUT2D eigenvalue weighted by molar-refractivity contribution is 5.12. The lowest BCUT2D eigenvalue weighted by Crippen LogP contribution is -2.22. The first-order chi connectivity index (χ1) is 6.31. The van der Waals surface area contributed by atoms with Crippen LogP contribution in [0.25, 0.3) is 0 Å². The number of aliphatic hydroxyl groups excluding tert-OH is 1. The van der Waals surface area contributed by atoms with E-state index >= 15 is 0 Å². The Balaban J connectivity index is 2.15. The number of hydrogen-bond donors (Lipinski definition) is 1. The topological polar surface area (TPSA) is 56.5 Å². The summed E-state index contributed by atoms with van der Waals surface area (Å²) in [5, 5.41) is 13.6. The Bertz CT molecular complexity index is 287. The monoisotopic (exact) mass is 184 g/mol. The lowest BCUT2D eigenvalue weighted by molar-refractivity contribution is 0.118. The molecule has 0 aliphatic carbocycles. The van der Waals surface area contributed by atoms with Crippen molar-refractivity contribution in [1.29, 1.82) is 0 Å². The maximum atomic E-state index is 9.50. The van der Waals surface area contributed by atoms with Crippen molar-refractivity contribution in [2.24, 2.45) is 0 Å². The van der Waals surface area contributed by atoms with E-state index in [4.69, 9.17) is 9.47 Å². The Morgan fingerprint density at radius 2 is 2.54 bits per heavy atom. The Morgan fingerprint density at radius 1 is 1.69 bits per heavy atom. The van der Waals surface area contributed by atoms with Gasteiger partial charge in [0.2, 0.25) is 0 Å². The van der Waals surface area contributed by atoms with Crippen LogP contribution in [0.5, 0.6) is 5.75 Å². The average molecular weight is 184 g/mol. The lowest BCUT2D eigenvalue weighted by atomic mass is 10.2. The molecule has 0 spiro atoms. The molecule has 13 heavy (non-hydrogen) atoms. The molecule has 2 heterocycles. The van der Waals surface area contributed by atoms with Gasteiger partial charge in [-0.05, 0) is 0 Å². The van der Waals surface area contributed by atoms with Crippen molar-refractivity contribution in [2.45, 2.75) is 12.1 Å². The third kappa shape index (κ3) is 1.52. The smallest absolute Gasteiger partial charge is 0.156 e. The number of rotatable bonds is 2. The summed E-state index contributed by atoms with van der Waals surface area (Å²) in [5.41, 5.74) is 0. The van der Waals surface area contributed by atoms with Crippen molar-refractivity contribution in [1.82, 2.24) is 9.78 Å². The van der Waals surface area contributed by atoms with Crippen molar-refractivity contribution in [3.63, 3.8) is 0 Å². The molecule has 1 aromatic rings. The molecule has 1 saturated heterocycles. The van der Waals surface area contributed by atoms with Gasteiger partial charge in [0.1, 0.15) is 12.1 Å². The summed E-state index contributed by atoms with van der Waals surface area (Å²) in [6.07, 6.45) is 2.90. The molecular formula is C8H12N2O3. The predicted octanol–water partition coefficient (Wildman–Crippen LogP) is -0.176. The maximum absolute atomic E-state index is 9.50. The van der Waals surface area contributed by atoms with Gasteiger partial charge in [-0.25, -0.2) is 0 Å². The van der Waals surface area contributed by atoms with Crippen LogP contribution in [-0.4, -0.2) is 41.3 Å². The van der Waals surface area contributed by atoms with Gasteiger partial charge in [0.15, 0.2) is 5.75 Å². The fourth-order valence-corrected chi connectivity index (χ4v) is 1.39. The minimum Gasteiger partial charge on any atom is -0.493 e. The summed E-state index contributed by atoms with van der Waals surface area (Å²) in [7, 11) is 1.59. The minimum atomic E-state index is -0.468. The zero-order valence-electron chi connectivity index (χ0n) is 7.38. The van der Waals surface area contributed by atoms with Crippen LogP contribution >= 0.6 is 0 Å². The third-order valence-corrected chi connectivity index (χ3v) is 2.17. The summed E-state index contributed by atoms with van der Waals surface area (Å²) in [6, 6.07) is -0.0797. The molecular weight excluding hydrogens is 172 g/mol. The molecule has 0 saturated carbocycles. The quantitative estimate of drug-likeness (QED) is 0.693. The van der Waals surface area contributed by atoms with Gasteiger partial charge in [0.25, 0.3) is 0 Å². The van der Waals surface area contributed by atoms with Crippen molar-refractivity contribution in [3.8, 4) is 5.75 Å². The Labute approximate surface area is 75.9 Å². The SMILES string of the molecule is COc1cnn(C2COCC2O)c1. The molecule has 2 atom stereocenters. The van der Waals surface area contributed by atoms with Crippen LogP contribution in [0.4, 0.5) is 0 Å². The van der Waals surface area contributed by atoms with E-state index < -0.39 is 6.10 Å². The second-order valence-corrected chi connectivity index (χ2v) is 3.03. The summed E-state index contributed by atoms with van der Waals surface area (Å²) >= 11 is 0. The number of nitrogens with zero attached hydrogens (tertiary/aromatic N) is 2.